The van der Waals surface area contributed by atoms with E-state index >= 15 is 0 Å². The Morgan fingerprint density at radius 1 is 0.857 bits per heavy atom. The van der Waals surface area contributed by atoms with Gasteiger partial charge >= 0.3 is 0 Å². The molecule has 0 aliphatic heterocycles. The predicted octanol–water partition coefficient (Wildman–Crippen LogP) is -0.736. The largest absolute Gasteiger partial charge is 0.136 e. The van der Waals surface area contributed by atoms with E-state index < -0.39 is 0 Å². The van der Waals surface area contributed by atoms with Gasteiger partial charge in [0.05, 0.1) is 12.4 Å². The van der Waals surface area contributed by atoms with Crippen molar-refractivity contribution in [2.45, 2.75) is 0 Å². The molecule has 0 aliphatic carbocycles. The molecule has 0 amide bonds. The Hall–Kier alpha value is -0.541. The molecule has 1 radical (unpaired) electrons. The van der Waals surface area contributed by atoms with Gasteiger partial charge in [0.15, 0.2) is 0 Å². The maximum absolute atomic E-state index is 3.36. The molecule has 0 aliphatic rings. The molecule has 1 aromatic rings. The molecule has 5 heteroatoms. The van der Waals surface area contributed by atoms with Crippen LogP contribution in [0.5, 0.6) is 0 Å². The second-order valence-corrected chi connectivity index (χ2v) is 0.708. The van der Waals surface area contributed by atoms with Gasteiger partial charge in [-0.05, 0) is 10.4 Å². The van der Waals surface area contributed by atoms with Crippen molar-refractivity contribution in [2.24, 2.45) is 0 Å². The fourth-order valence-electron chi connectivity index (χ4n) is 0.165. The molecular formula is C2H2CuN4. The maximum atomic E-state index is 3.36. The monoisotopic (exact) mass is 145 g/mol. The number of hydrogen-bond donors (Lipinski definition) is 0. The van der Waals surface area contributed by atoms with Gasteiger partial charge in [-0.3, -0.25) is 0 Å². The molecule has 1 rings (SSSR count). The topological polar surface area (TPSA) is 51.6 Å². The Labute approximate surface area is 50.8 Å². The van der Waals surface area contributed by atoms with Crippen molar-refractivity contribution in [3.8, 4) is 0 Å². The molecule has 0 aromatic carbocycles. The van der Waals surface area contributed by atoms with Gasteiger partial charge in [0.25, 0.3) is 0 Å². The van der Waals surface area contributed by atoms with Crippen LogP contribution in [0.25, 0.3) is 0 Å². The fourth-order valence-corrected chi connectivity index (χ4v) is 0.165. The molecule has 0 spiro atoms. The van der Waals surface area contributed by atoms with Crippen LogP contribution in [0, 0.1) is 0 Å². The van der Waals surface area contributed by atoms with E-state index in [9.17, 15) is 0 Å². The van der Waals surface area contributed by atoms with Crippen molar-refractivity contribution in [3.63, 3.8) is 0 Å². The summed E-state index contributed by atoms with van der Waals surface area (Å²) in [5.74, 6) is 0. The average Bonchev–Trinajstić information content (AvgIpc) is 1.72. The molecule has 1 aromatic heterocycles. The van der Waals surface area contributed by atoms with E-state index in [0.29, 0.717) is 0 Å². The first-order valence-corrected chi connectivity index (χ1v) is 1.45. The number of rotatable bonds is 0. The van der Waals surface area contributed by atoms with Crippen LogP contribution in [0.4, 0.5) is 0 Å². The summed E-state index contributed by atoms with van der Waals surface area (Å²) in [7, 11) is 0. The van der Waals surface area contributed by atoms with Crippen molar-refractivity contribution < 1.29 is 17.1 Å². The first-order valence-electron chi connectivity index (χ1n) is 1.45. The third-order valence-corrected chi connectivity index (χ3v) is 0.343. The summed E-state index contributed by atoms with van der Waals surface area (Å²) in [6, 6.07) is 0. The van der Waals surface area contributed by atoms with Crippen molar-refractivity contribution >= 4 is 0 Å². The van der Waals surface area contributed by atoms with Gasteiger partial charge in [-0.15, -0.1) is 10.2 Å². The van der Waals surface area contributed by atoms with E-state index in [1.54, 1.807) is 0 Å². The summed E-state index contributed by atoms with van der Waals surface area (Å²) < 4.78 is 0. The smallest absolute Gasteiger partial charge is 0.0716 e. The summed E-state index contributed by atoms with van der Waals surface area (Å²) >= 11 is 0. The Balaban J connectivity index is 0.000000360. The molecule has 0 fully saturated rings. The van der Waals surface area contributed by atoms with Crippen LogP contribution >= 0.6 is 0 Å². The Kier molecular flexibility index (Phi) is 3.36. The zero-order valence-electron chi connectivity index (χ0n) is 3.25. The number of nitrogens with zero attached hydrogens (tertiary/aromatic N) is 4. The molecule has 0 atom stereocenters. The van der Waals surface area contributed by atoms with Crippen LogP contribution in [0.2, 0.25) is 0 Å². The summed E-state index contributed by atoms with van der Waals surface area (Å²) in [4.78, 5) is 0. The van der Waals surface area contributed by atoms with Gasteiger partial charge in [0.1, 0.15) is 0 Å². The fraction of sp³-hybridized carbons (Fsp3) is 0. The third kappa shape index (κ3) is 2.19. The maximum Gasteiger partial charge on any atom is 0.0716 e. The molecule has 0 N–H and O–H groups in total. The van der Waals surface area contributed by atoms with Crippen LogP contribution in [0.3, 0.4) is 0 Å². The van der Waals surface area contributed by atoms with E-state index in [0.717, 1.165) is 0 Å². The van der Waals surface area contributed by atoms with Crippen LogP contribution in [0.15, 0.2) is 12.4 Å². The molecular weight excluding hydrogens is 144 g/mol. The Morgan fingerprint density at radius 2 is 1.29 bits per heavy atom. The minimum atomic E-state index is 0. The van der Waals surface area contributed by atoms with Crippen molar-refractivity contribution in [2.75, 3.05) is 0 Å². The van der Waals surface area contributed by atoms with Crippen molar-refractivity contribution in [1.29, 1.82) is 0 Å². The molecule has 0 saturated heterocycles. The molecule has 41 valence electrons. The molecule has 7 heavy (non-hydrogen) atoms. The molecule has 4 nitrogen and oxygen atoms in total. The molecule has 0 unspecified atom stereocenters. The Bertz CT molecular complexity index is 81.6. The zero-order chi connectivity index (χ0) is 4.24. The zero-order valence-corrected chi connectivity index (χ0v) is 4.19. The SMILES string of the molecule is [Cu].c1cnnnn1. The van der Waals surface area contributed by atoms with Gasteiger partial charge < -0.3 is 0 Å². The number of aromatic nitrogens is 4. The van der Waals surface area contributed by atoms with Gasteiger partial charge in [-0.2, -0.15) is 0 Å². The molecule has 1 heterocycles. The van der Waals surface area contributed by atoms with E-state index in [-0.39, 0.29) is 17.1 Å². The summed E-state index contributed by atoms with van der Waals surface area (Å²) in [5.41, 5.74) is 0. The van der Waals surface area contributed by atoms with Gasteiger partial charge in [0.2, 0.25) is 0 Å². The Morgan fingerprint density at radius 3 is 1.43 bits per heavy atom. The summed E-state index contributed by atoms with van der Waals surface area (Å²) in [6.07, 6.45) is 2.93. The van der Waals surface area contributed by atoms with Crippen LogP contribution in [0.1, 0.15) is 0 Å². The van der Waals surface area contributed by atoms with Crippen LogP contribution < -0.4 is 0 Å². The summed E-state index contributed by atoms with van der Waals surface area (Å²) in [6.45, 7) is 0. The van der Waals surface area contributed by atoms with Crippen LogP contribution in [-0.4, -0.2) is 20.6 Å². The van der Waals surface area contributed by atoms with Gasteiger partial charge in [-0.25, -0.2) is 0 Å². The quantitative estimate of drug-likeness (QED) is 0.452. The van der Waals surface area contributed by atoms with E-state index in [1.807, 2.05) is 0 Å². The average molecular weight is 146 g/mol. The van der Waals surface area contributed by atoms with Gasteiger partial charge in [-0.1, -0.05) is 0 Å². The third-order valence-electron chi connectivity index (χ3n) is 0.343. The normalized spacial score (nSPS) is 6.86. The summed E-state index contributed by atoms with van der Waals surface area (Å²) in [5, 5.41) is 13.1. The number of hydrogen-bond acceptors (Lipinski definition) is 4. The van der Waals surface area contributed by atoms with Gasteiger partial charge in [0, 0.05) is 17.1 Å². The van der Waals surface area contributed by atoms with E-state index in [1.165, 1.54) is 12.4 Å². The first kappa shape index (κ1) is 6.46. The first-order chi connectivity index (χ1) is 3.00. The standard InChI is InChI=1S/C2H2N4.Cu/c1-2-4-6-5-3-1;/h1-2H;. The van der Waals surface area contributed by atoms with Crippen LogP contribution in [-0.2, 0) is 17.1 Å². The van der Waals surface area contributed by atoms with E-state index in [4.69, 9.17) is 0 Å². The second-order valence-electron chi connectivity index (χ2n) is 0.708. The van der Waals surface area contributed by atoms with E-state index in [2.05, 4.69) is 20.6 Å². The van der Waals surface area contributed by atoms with Crippen molar-refractivity contribution in [1.82, 2.24) is 20.6 Å². The minimum absolute atomic E-state index is 0. The predicted molar refractivity (Wildman–Crippen MR) is 17.6 cm³/mol. The molecule has 0 saturated carbocycles. The molecule has 0 bridgehead atoms. The van der Waals surface area contributed by atoms with Crippen molar-refractivity contribution in [3.05, 3.63) is 12.4 Å². The second kappa shape index (κ2) is 3.64. The minimum Gasteiger partial charge on any atom is -0.136 e.